The van der Waals surface area contributed by atoms with E-state index in [0.29, 0.717) is 59.0 Å². The van der Waals surface area contributed by atoms with Crippen molar-refractivity contribution in [3.8, 4) is 29.0 Å². The van der Waals surface area contributed by atoms with Crippen molar-refractivity contribution >= 4 is 27.3 Å². The molecule has 3 N–H and O–H groups in total. The highest BCUT2D eigenvalue weighted by atomic mass is 32.2. The third-order valence-corrected chi connectivity index (χ3v) is 6.39. The van der Waals surface area contributed by atoms with E-state index in [1.165, 1.54) is 24.3 Å². The number of benzene rings is 3. The van der Waals surface area contributed by atoms with Crippen LogP contribution in [0.15, 0.2) is 71.6 Å². The van der Waals surface area contributed by atoms with Crippen molar-refractivity contribution in [1.29, 1.82) is 5.26 Å². The van der Waals surface area contributed by atoms with Crippen molar-refractivity contribution < 1.29 is 17.9 Å². The lowest BCUT2D eigenvalue weighted by Gasteiger charge is -2.18. The molecule has 170 valence electrons. The van der Waals surface area contributed by atoms with E-state index >= 15 is 0 Å². The fraction of sp³-hybridized carbons (Fsp3) is 0.0870. The molecule has 34 heavy (non-hydrogen) atoms. The molecule has 10 nitrogen and oxygen atoms in total. The second-order valence-corrected chi connectivity index (χ2v) is 8.96. The summed E-state index contributed by atoms with van der Waals surface area (Å²) in [6, 6.07) is 19.9. The normalized spacial score (nSPS) is 12.6. The Labute approximate surface area is 195 Å². The molecule has 0 saturated carbocycles. The minimum atomic E-state index is -3.88. The smallest absolute Gasteiger partial charge is 0.261 e. The van der Waals surface area contributed by atoms with Gasteiger partial charge in [-0.2, -0.15) is 10.2 Å². The Morgan fingerprint density at radius 3 is 2.53 bits per heavy atom. The molecule has 3 aromatic carbocycles. The molecule has 0 amide bonds. The molecule has 0 aliphatic carbocycles. The highest BCUT2D eigenvalue weighted by Crippen LogP contribution is 2.34. The van der Waals surface area contributed by atoms with Crippen LogP contribution in [0.5, 0.6) is 11.5 Å². The Kier molecular flexibility index (Phi) is 5.49. The summed E-state index contributed by atoms with van der Waals surface area (Å²) >= 11 is 0. The number of nitriles is 1. The number of anilines is 3. The van der Waals surface area contributed by atoms with Crippen molar-refractivity contribution in [2.45, 2.75) is 4.90 Å². The molecule has 4 aromatic rings. The molecule has 0 atom stereocenters. The van der Waals surface area contributed by atoms with Crippen LogP contribution in [-0.2, 0) is 10.0 Å². The van der Waals surface area contributed by atoms with Gasteiger partial charge in [0.1, 0.15) is 13.2 Å². The number of aromatic amines is 1. The Bertz CT molecular complexity index is 1490. The van der Waals surface area contributed by atoms with E-state index in [1.807, 2.05) is 12.1 Å². The Morgan fingerprint density at radius 1 is 0.971 bits per heavy atom. The lowest BCUT2D eigenvalue weighted by Crippen LogP contribution is -2.15. The molecule has 0 radical (unpaired) electrons. The summed E-state index contributed by atoms with van der Waals surface area (Å²) in [5.41, 5.74) is 1.93. The van der Waals surface area contributed by atoms with E-state index in [1.54, 1.807) is 36.4 Å². The van der Waals surface area contributed by atoms with Gasteiger partial charge in [0.2, 0.25) is 5.95 Å². The van der Waals surface area contributed by atoms with Crippen LogP contribution in [0.4, 0.5) is 17.3 Å². The van der Waals surface area contributed by atoms with Gasteiger partial charge in [-0.3, -0.25) is 9.82 Å². The van der Waals surface area contributed by atoms with Crippen LogP contribution in [-0.4, -0.2) is 36.8 Å². The van der Waals surface area contributed by atoms with Gasteiger partial charge in [-0.05, 0) is 48.5 Å². The van der Waals surface area contributed by atoms with E-state index in [0.717, 1.165) is 0 Å². The van der Waals surface area contributed by atoms with Gasteiger partial charge in [0, 0.05) is 17.3 Å². The third kappa shape index (κ3) is 4.35. The first-order valence-corrected chi connectivity index (χ1v) is 11.7. The van der Waals surface area contributed by atoms with Crippen molar-refractivity contribution in [1.82, 2.24) is 15.2 Å². The van der Waals surface area contributed by atoms with Gasteiger partial charge in [0.15, 0.2) is 17.3 Å². The van der Waals surface area contributed by atoms with Crippen LogP contribution in [0.3, 0.4) is 0 Å². The zero-order chi connectivity index (χ0) is 23.5. The lowest BCUT2D eigenvalue weighted by molar-refractivity contribution is 0.171. The summed E-state index contributed by atoms with van der Waals surface area (Å²) in [5, 5.41) is 19.0. The number of nitrogens with one attached hydrogen (secondary N) is 3. The molecule has 11 heteroatoms. The Morgan fingerprint density at radius 2 is 1.74 bits per heavy atom. The predicted octanol–water partition coefficient (Wildman–Crippen LogP) is 3.66. The number of hydrogen-bond acceptors (Lipinski definition) is 8. The summed E-state index contributed by atoms with van der Waals surface area (Å²) in [6.45, 7) is 0.995. The molecule has 1 aliphatic heterocycles. The van der Waals surface area contributed by atoms with Crippen LogP contribution in [0, 0.1) is 11.3 Å². The zero-order valence-electron chi connectivity index (χ0n) is 17.6. The quantitative estimate of drug-likeness (QED) is 0.384. The molecule has 1 aromatic heterocycles. The number of hydrogen-bond donors (Lipinski definition) is 3. The average molecular weight is 475 g/mol. The molecular weight excluding hydrogens is 456 g/mol. The fourth-order valence-electron chi connectivity index (χ4n) is 3.38. The molecule has 0 fully saturated rings. The van der Waals surface area contributed by atoms with Crippen LogP contribution in [0.1, 0.15) is 5.56 Å². The van der Waals surface area contributed by atoms with E-state index in [9.17, 15) is 8.42 Å². The summed E-state index contributed by atoms with van der Waals surface area (Å²) in [6.07, 6.45) is 0. The number of para-hydroxylation sites is 1. The lowest BCUT2D eigenvalue weighted by atomic mass is 10.2. The predicted molar refractivity (Wildman–Crippen MR) is 124 cm³/mol. The summed E-state index contributed by atoms with van der Waals surface area (Å²) in [4.78, 5) is 4.49. The molecule has 1 aliphatic rings. The third-order valence-electron chi connectivity index (χ3n) is 5.00. The second kappa shape index (κ2) is 8.76. The largest absolute Gasteiger partial charge is 0.486 e. The van der Waals surface area contributed by atoms with Crippen LogP contribution >= 0.6 is 0 Å². The van der Waals surface area contributed by atoms with Crippen molar-refractivity contribution in [3.05, 3.63) is 72.3 Å². The van der Waals surface area contributed by atoms with E-state index in [-0.39, 0.29) is 4.90 Å². The van der Waals surface area contributed by atoms with Gasteiger partial charge < -0.3 is 14.8 Å². The molecule has 2 heterocycles. The van der Waals surface area contributed by atoms with Gasteiger partial charge in [-0.25, -0.2) is 8.42 Å². The molecule has 0 spiro atoms. The minimum absolute atomic E-state index is 0.0415. The van der Waals surface area contributed by atoms with Crippen molar-refractivity contribution in [2.24, 2.45) is 0 Å². The fourth-order valence-corrected chi connectivity index (χ4v) is 4.46. The summed E-state index contributed by atoms with van der Waals surface area (Å²) in [7, 11) is -3.88. The number of sulfonamides is 1. The average Bonchev–Trinajstić information content (AvgIpc) is 3.32. The Balaban J connectivity index is 1.38. The van der Waals surface area contributed by atoms with Crippen molar-refractivity contribution in [3.63, 3.8) is 0 Å². The zero-order valence-corrected chi connectivity index (χ0v) is 18.5. The van der Waals surface area contributed by atoms with Gasteiger partial charge in [0.25, 0.3) is 10.0 Å². The second-order valence-electron chi connectivity index (χ2n) is 7.28. The number of H-pyrrole nitrogens is 1. The minimum Gasteiger partial charge on any atom is -0.486 e. The first kappa shape index (κ1) is 21.3. The standard InChI is InChI=1S/C23H18N6O4S/c24-14-15-5-8-17(9-6-15)34(30,31)29-19-4-2-1-3-18(19)22-26-23(28-27-22)25-16-7-10-20-21(13-16)33-12-11-32-20/h1-10,13,29H,11-12H2,(H2,25,26,27,28). The SMILES string of the molecule is N#Cc1ccc(S(=O)(=O)Nc2ccccc2-c2nc(Nc3ccc4c(c3)OCCO4)n[nH]2)cc1. The van der Waals surface area contributed by atoms with Crippen LogP contribution < -0.4 is 19.5 Å². The summed E-state index contributed by atoms with van der Waals surface area (Å²) < 4.78 is 39.5. The number of rotatable bonds is 6. The summed E-state index contributed by atoms with van der Waals surface area (Å²) in [5.74, 6) is 1.99. The molecule has 0 unspecified atom stereocenters. The number of fused-ring (bicyclic) bond motifs is 1. The van der Waals surface area contributed by atoms with E-state index in [4.69, 9.17) is 14.7 Å². The van der Waals surface area contributed by atoms with E-state index in [2.05, 4.69) is 25.2 Å². The van der Waals surface area contributed by atoms with Gasteiger partial charge in [-0.15, -0.1) is 5.10 Å². The van der Waals surface area contributed by atoms with Crippen LogP contribution in [0.2, 0.25) is 0 Å². The highest BCUT2D eigenvalue weighted by molar-refractivity contribution is 7.92. The number of nitrogens with zero attached hydrogens (tertiary/aromatic N) is 3. The molecule has 0 saturated heterocycles. The maximum Gasteiger partial charge on any atom is 0.261 e. The van der Waals surface area contributed by atoms with Crippen molar-refractivity contribution in [2.75, 3.05) is 23.3 Å². The number of ether oxygens (including phenoxy) is 2. The Hall–Kier alpha value is -4.56. The van der Waals surface area contributed by atoms with E-state index < -0.39 is 10.0 Å². The first-order chi connectivity index (χ1) is 16.5. The van der Waals surface area contributed by atoms with Gasteiger partial charge in [-0.1, -0.05) is 12.1 Å². The van der Waals surface area contributed by atoms with Crippen LogP contribution in [0.25, 0.3) is 11.4 Å². The monoisotopic (exact) mass is 474 g/mol. The maximum absolute atomic E-state index is 12.9. The maximum atomic E-state index is 12.9. The topological polar surface area (TPSA) is 142 Å². The van der Waals surface area contributed by atoms with Gasteiger partial charge in [0.05, 0.1) is 22.2 Å². The first-order valence-electron chi connectivity index (χ1n) is 10.2. The molecular formula is C23H18N6O4S. The molecule has 0 bridgehead atoms. The highest BCUT2D eigenvalue weighted by Gasteiger charge is 2.18. The molecule has 5 rings (SSSR count). The van der Waals surface area contributed by atoms with Gasteiger partial charge >= 0.3 is 0 Å². The number of aromatic nitrogens is 3.